The van der Waals surface area contributed by atoms with Crippen LogP contribution in [0.1, 0.15) is 12.0 Å². The molecular formula is C24H22F4N4O6S. The minimum absolute atomic E-state index is 0.00521. The van der Waals surface area contributed by atoms with Gasteiger partial charge in [-0.2, -0.15) is 25.9 Å². The molecule has 0 unspecified atom stereocenters. The van der Waals surface area contributed by atoms with E-state index in [1.165, 1.54) is 46.8 Å². The van der Waals surface area contributed by atoms with Gasteiger partial charge in [-0.05, 0) is 30.2 Å². The van der Waals surface area contributed by atoms with E-state index in [9.17, 15) is 26.4 Å². The molecule has 3 heterocycles. The number of ether oxygens (including phenoxy) is 2. The molecule has 0 bridgehead atoms. The van der Waals surface area contributed by atoms with E-state index in [1.54, 1.807) is 0 Å². The Bertz CT molecular complexity index is 1480. The Morgan fingerprint density at radius 1 is 1.18 bits per heavy atom. The van der Waals surface area contributed by atoms with Gasteiger partial charge < -0.3 is 14.0 Å². The van der Waals surface area contributed by atoms with E-state index in [0.717, 1.165) is 18.2 Å². The van der Waals surface area contributed by atoms with Crippen LogP contribution < -0.4 is 14.4 Å². The van der Waals surface area contributed by atoms with Gasteiger partial charge in [0, 0.05) is 42.7 Å². The fourth-order valence-corrected chi connectivity index (χ4v) is 6.04. The van der Waals surface area contributed by atoms with E-state index in [4.69, 9.17) is 9.47 Å². The molecule has 39 heavy (non-hydrogen) atoms. The predicted octanol–water partition coefficient (Wildman–Crippen LogP) is 4.51. The Kier molecular flexibility index (Phi) is 6.88. The van der Waals surface area contributed by atoms with Crippen molar-refractivity contribution in [3.05, 3.63) is 60.1 Å². The number of amides is 1. The number of alkyl halides is 3. The Morgan fingerprint density at radius 2 is 1.97 bits per heavy atom. The molecule has 0 aliphatic carbocycles. The summed E-state index contributed by atoms with van der Waals surface area (Å²) in [6.45, 7) is -0.0386. The van der Waals surface area contributed by atoms with Crippen molar-refractivity contribution in [3.63, 3.8) is 0 Å². The first kappa shape index (κ1) is 26.7. The van der Waals surface area contributed by atoms with E-state index in [0.29, 0.717) is 0 Å². The monoisotopic (exact) mass is 570 g/mol. The molecule has 1 N–H and O–H groups in total. The number of carbonyl (C=O) groups excluding carboxylic acids is 1. The molecule has 2 aliphatic heterocycles. The van der Waals surface area contributed by atoms with Crippen LogP contribution in [0, 0.1) is 11.7 Å². The van der Waals surface area contributed by atoms with E-state index >= 15 is 4.39 Å². The molecular weight excluding hydrogens is 548 g/mol. The number of nitrogens with zero attached hydrogens (tertiary/aromatic N) is 3. The third kappa shape index (κ3) is 5.23. The zero-order valence-corrected chi connectivity index (χ0v) is 21.1. The highest BCUT2D eigenvalue weighted by Gasteiger charge is 2.45. The number of benzene rings is 2. The number of piperidine rings is 1. The molecule has 0 saturated carbocycles. The summed E-state index contributed by atoms with van der Waals surface area (Å²) < 4.78 is 99.5. The van der Waals surface area contributed by atoms with Gasteiger partial charge in [0.05, 0.1) is 25.0 Å². The molecule has 2 aliphatic rings. The van der Waals surface area contributed by atoms with Crippen molar-refractivity contribution >= 4 is 27.8 Å². The summed E-state index contributed by atoms with van der Waals surface area (Å²) in [5, 5.41) is 3.54. The highest BCUT2D eigenvalue weighted by atomic mass is 32.2. The maximum absolute atomic E-state index is 15.4. The molecule has 2 atom stereocenters. The SMILES string of the molecule is COc1cc(-c2cccc(C(F)(F)F)c2)c(F)cc1N1C(=O)OC[C@@H]2CN(S(=O)(=O)Nc3ccon3)CC[C@H]21. The number of hydrogen-bond acceptors (Lipinski definition) is 7. The smallest absolute Gasteiger partial charge is 0.416 e. The van der Waals surface area contributed by atoms with Gasteiger partial charge in [0.2, 0.25) is 0 Å². The summed E-state index contributed by atoms with van der Waals surface area (Å²) in [6.07, 6.45) is -3.99. The van der Waals surface area contributed by atoms with Crippen molar-refractivity contribution in [1.29, 1.82) is 0 Å². The van der Waals surface area contributed by atoms with E-state index in [1.807, 2.05) is 0 Å². The second-order valence-corrected chi connectivity index (χ2v) is 10.7. The van der Waals surface area contributed by atoms with Gasteiger partial charge >= 0.3 is 22.5 Å². The Hall–Kier alpha value is -3.85. The zero-order valence-electron chi connectivity index (χ0n) is 20.3. The number of halogens is 4. The van der Waals surface area contributed by atoms with Crippen LogP contribution in [0.25, 0.3) is 11.1 Å². The van der Waals surface area contributed by atoms with Gasteiger partial charge in [-0.1, -0.05) is 17.3 Å². The molecule has 5 rings (SSSR count). The molecule has 1 amide bonds. The maximum Gasteiger partial charge on any atom is 0.416 e. The number of carbonyl (C=O) groups is 1. The van der Waals surface area contributed by atoms with Crippen molar-refractivity contribution in [3.8, 4) is 16.9 Å². The number of methoxy groups -OCH3 is 1. The second-order valence-electron chi connectivity index (χ2n) is 9.00. The number of anilines is 2. The average molecular weight is 571 g/mol. The summed E-state index contributed by atoms with van der Waals surface area (Å²) in [5.41, 5.74) is -1.10. The zero-order chi connectivity index (χ0) is 27.9. The van der Waals surface area contributed by atoms with Crippen molar-refractivity contribution < 1.29 is 44.8 Å². The first-order valence-corrected chi connectivity index (χ1v) is 13.1. The number of cyclic esters (lactones) is 1. The van der Waals surface area contributed by atoms with E-state index in [-0.39, 0.29) is 54.5 Å². The minimum Gasteiger partial charge on any atom is -0.495 e. The number of aromatic nitrogens is 1. The molecule has 2 fully saturated rings. The van der Waals surface area contributed by atoms with Gasteiger partial charge in [0.1, 0.15) is 17.8 Å². The lowest BCUT2D eigenvalue weighted by Crippen LogP contribution is -2.59. The van der Waals surface area contributed by atoms with Crippen LogP contribution in [0.15, 0.2) is 53.3 Å². The molecule has 10 nitrogen and oxygen atoms in total. The van der Waals surface area contributed by atoms with Crippen molar-refractivity contribution in [2.75, 3.05) is 36.4 Å². The highest BCUT2D eigenvalue weighted by molar-refractivity contribution is 7.90. The normalized spacial score (nSPS) is 20.3. The first-order chi connectivity index (χ1) is 18.5. The van der Waals surface area contributed by atoms with Crippen LogP contribution in [-0.4, -0.2) is 56.8 Å². The number of nitrogens with one attached hydrogen (secondary N) is 1. The van der Waals surface area contributed by atoms with Gasteiger partial charge in [-0.25, -0.2) is 9.18 Å². The average Bonchev–Trinajstić information content (AvgIpc) is 3.40. The third-order valence-corrected chi connectivity index (χ3v) is 8.12. The standard InChI is InChI=1S/C24H22F4N4O6S/c1-36-21-10-17(14-3-2-4-16(9-14)24(26,27)28)18(25)11-20(21)32-19-5-7-31(12-15(19)13-37-23(32)33)39(34,35)30-22-6-8-38-29-22/h2-4,6,8-11,15,19H,5,7,12-13H2,1H3,(H,29,30)/t15-,19+/m0/s1. The van der Waals surface area contributed by atoms with Crippen molar-refractivity contribution in [2.45, 2.75) is 18.6 Å². The largest absolute Gasteiger partial charge is 0.495 e. The van der Waals surface area contributed by atoms with Crippen molar-refractivity contribution in [1.82, 2.24) is 9.46 Å². The van der Waals surface area contributed by atoms with Crippen LogP contribution in [0.2, 0.25) is 0 Å². The van der Waals surface area contributed by atoms with Crippen LogP contribution >= 0.6 is 0 Å². The lowest BCUT2D eigenvalue weighted by atomic mass is 9.91. The fourth-order valence-electron chi connectivity index (χ4n) is 4.81. The summed E-state index contributed by atoms with van der Waals surface area (Å²) in [4.78, 5) is 14.1. The third-order valence-electron chi connectivity index (χ3n) is 6.65. The van der Waals surface area contributed by atoms with Gasteiger partial charge in [-0.3, -0.25) is 9.62 Å². The van der Waals surface area contributed by atoms with Gasteiger partial charge in [0.15, 0.2) is 5.82 Å². The molecule has 3 aromatic rings. The molecule has 1 aromatic heterocycles. The lowest BCUT2D eigenvalue weighted by Gasteiger charge is -2.45. The lowest BCUT2D eigenvalue weighted by molar-refractivity contribution is -0.137. The Balaban J connectivity index is 1.44. The highest BCUT2D eigenvalue weighted by Crippen LogP contribution is 2.41. The predicted molar refractivity (Wildman–Crippen MR) is 130 cm³/mol. The van der Waals surface area contributed by atoms with E-state index < -0.39 is 45.8 Å². The van der Waals surface area contributed by atoms with Crippen LogP contribution in [-0.2, 0) is 21.1 Å². The topological polar surface area (TPSA) is 114 Å². The summed E-state index contributed by atoms with van der Waals surface area (Å²) >= 11 is 0. The molecule has 2 saturated heterocycles. The van der Waals surface area contributed by atoms with Crippen LogP contribution in [0.5, 0.6) is 5.75 Å². The molecule has 15 heteroatoms. The van der Waals surface area contributed by atoms with Gasteiger partial charge in [0.25, 0.3) is 0 Å². The number of rotatable bonds is 6. The summed E-state index contributed by atoms with van der Waals surface area (Å²) in [6, 6.07) is 7.23. The fraction of sp³-hybridized carbons (Fsp3) is 0.333. The minimum atomic E-state index is -4.62. The van der Waals surface area contributed by atoms with E-state index in [2.05, 4.69) is 14.4 Å². The summed E-state index contributed by atoms with van der Waals surface area (Å²) in [5.74, 6) is -1.31. The van der Waals surface area contributed by atoms with Crippen LogP contribution in [0.4, 0.5) is 33.9 Å². The van der Waals surface area contributed by atoms with Crippen molar-refractivity contribution in [2.24, 2.45) is 5.92 Å². The molecule has 2 aromatic carbocycles. The maximum atomic E-state index is 15.4. The Labute approximate surface area is 220 Å². The van der Waals surface area contributed by atoms with Gasteiger partial charge in [-0.15, -0.1) is 0 Å². The summed E-state index contributed by atoms with van der Waals surface area (Å²) in [7, 11) is -2.70. The quantitative estimate of drug-likeness (QED) is 0.434. The van der Waals surface area contributed by atoms with Crippen LogP contribution in [0.3, 0.4) is 0 Å². The Morgan fingerprint density at radius 3 is 2.67 bits per heavy atom. The molecule has 0 radical (unpaired) electrons. The molecule has 0 spiro atoms. The number of hydrogen-bond donors (Lipinski definition) is 1. The first-order valence-electron chi connectivity index (χ1n) is 11.7. The second kappa shape index (κ2) is 10.0. The molecule has 208 valence electrons. The number of fused-ring (bicyclic) bond motifs is 1.